The van der Waals surface area contributed by atoms with E-state index in [9.17, 15) is 9.90 Å². The molecule has 1 N–H and O–H groups in total. The van der Waals surface area contributed by atoms with Gasteiger partial charge in [-0.15, -0.1) is 0 Å². The Hall–Kier alpha value is -2.30. The Morgan fingerprint density at radius 1 is 1.37 bits per heavy atom. The number of nitrogens with zero attached hydrogens (tertiary/aromatic N) is 2. The van der Waals surface area contributed by atoms with Crippen LogP contribution in [0.2, 0.25) is 0 Å². The lowest BCUT2D eigenvalue weighted by Crippen LogP contribution is -2.01. The molecule has 0 atom stereocenters. The van der Waals surface area contributed by atoms with E-state index in [0.717, 1.165) is 16.8 Å². The molecule has 19 heavy (non-hydrogen) atoms. The Morgan fingerprint density at radius 3 is 2.63 bits per heavy atom. The monoisotopic (exact) mass is 260 g/mol. The van der Waals surface area contributed by atoms with E-state index in [2.05, 4.69) is 5.10 Å². The number of carbonyl (C=O) groups is 1. The summed E-state index contributed by atoms with van der Waals surface area (Å²) in [4.78, 5) is 11.3. The summed E-state index contributed by atoms with van der Waals surface area (Å²) in [5, 5.41) is 13.3. The van der Waals surface area contributed by atoms with Crippen LogP contribution in [0.5, 0.6) is 5.75 Å². The van der Waals surface area contributed by atoms with Crippen LogP contribution in [0.25, 0.3) is 11.1 Å². The number of rotatable bonds is 3. The molecule has 0 radical (unpaired) electrons. The van der Waals surface area contributed by atoms with Crippen LogP contribution in [0, 0.1) is 13.8 Å². The number of aromatic nitrogens is 2. The first kappa shape index (κ1) is 13.1. The maximum absolute atomic E-state index is 11.3. The molecular weight excluding hydrogens is 244 g/mol. The van der Waals surface area contributed by atoms with Gasteiger partial charge in [0.1, 0.15) is 5.75 Å². The summed E-state index contributed by atoms with van der Waals surface area (Å²) in [6.45, 7) is 3.80. The van der Waals surface area contributed by atoms with Crippen LogP contribution in [0.15, 0.2) is 18.2 Å². The van der Waals surface area contributed by atoms with E-state index in [1.165, 1.54) is 0 Å². The Labute approximate surface area is 111 Å². The minimum absolute atomic E-state index is 0.0453. The van der Waals surface area contributed by atoms with Gasteiger partial charge in [0.2, 0.25) is 0 Å². The lowest BCUT2D eigenvalue weighted by molar-refractivity contribution is 0.0690. The number of aromatic carboxylic acids is 1. The second-order valence-corrected chi connectivity index (χ2v) is 4.44. The van der Waals surface area contributed by atoms with Crippen LogP contribution in [0.3, 0.4) is 0 Å². The van der Waals surface area contributed by atoms with E-state index in [4.69, 9.17) is 4.74 Å². The van der Waals surface area contributed by atoms with Gasteiger partial charge in [-0.2, -0.15) is 5.10 Å². The van der Waals surface area contributed by atoms with Crippen molar-refractivity contribution < 1.29 is 14.6 Å². The fraction of sp³-hybridized carbons (Fsp3) is 0.286. The van der Waals surface area contributed by atoms with Crippen LogP contribution in [-0.4, -0.2) is 28.0 Å². The molecule has 2 rings (SSSR count). The smallest absolute Gasteiger partial charge is 0.357 e. The molecule has 0 bridgehead atoms. The molecule has 0 spiro atoms. The highest BCUT2D eigenvalue weighted by atomic mass is 16.5. The van der Waals surface area contributed by atoms with Crippen LogP contribution >= 0.6 is 0 Å². The van der Waals surface area contributed by atoms with Gasteiger partial charge in [-0.05, 0) is 26.0 Å². The first-order valence-corrected chi connectivity index (χ1v) is 5.87. The first-order chi connectivity index (χ1) is 8.95. The van der Waals surface area contributed by atoms with Crippen molar-refractivity contribution in [2.45, 2.75) is 13.8 Å². The highest BCUT2D eigenvalue weighted by Gasteiger charge is 2.22. The topological polar surface area (TPSA) is 64.3 Å². The third-order valence-corrected chi connectivity index (χ3v) is 3.16. The predicted octanol–water partition coefficient (Wildman–Crippen LogP) is 2.41. The molecule has 0 fully saturated rings. The third kappa shape index (κ3) is 2.19. The molecule has 2 aromatic rings. The molecule has 0 aliphatic carbocycles. The van der Waals surface area contributed by atoms with E-state index in [-0.39, 0.29) is 5.69 Å². The van der Waals surface area contributed by atoms with E-state index in [1.807, 2.05) is 32.0 Å². The van der Waals surface area contributed by atoms with Crippen LogP contribution in [0.1, 0.15) is 21.7 Å². The van der Waals surface area contributed by atoms with Crippen molar-refractivity contribution in [2.24, 2.45) is 7.05 Å². The summed E-state index contributed by atoms with van der Waals surface area (Å²) in [5.74, 6) is -0.397. The van der Waals surface area contributed by atoms with Crippen molar-refractivity contribution in [3.05, 3.63) is 35.2 Å². The quantitative estimate of drug-likeness (QED) is 0.920. The van der Waals surface area contributed by atoms with Crippen molar-refractivity contribution in [1.29, 1.82) is 0 Å². The molecule has 0 aliphatic heterocycles. The molecule has 0 aliphatic rings. The fourth-order valence-corrected chi connectivity index (χ4v) is 2.10. The van der Waals surface area contributed by atoms with Crippen molar-refractivity contribution >= 4 is 5.97 Å². The first-order valence-electron chi connectivity index (χ1n) is 5.87. The second kappa shape index (κ2) is 4.76. The predicted molar refractivity (Wildman–Crippen MR) is 71.6 cm³/mol. The van der Waals surface area contributed by atoms with Gasteiger partial charge in [0.25, 0.3) is 0 Å². The molecule has 0 amide bonds. The van der Waals surface area contributed by atoms with Crippen LogP contribution < -0.4 is 4.74 Å². The Morgan fingerprint density at radius 2 is 2.05 bits per heavy atom. The average Bonchev–Trinajstić information content (AvgIpc) is 2.66. The number of ether oxygens (including phenoxy) is 1. The van der Waals surface area contributed by atoms with Crippen LogP contribution in [-0.2, 0) is 7.05 Å². The third-order valence-electron chi connectivity index (χ3n) is 3.16. The second-order valence-electron chi connectivity index (χ2n) is 4.44. The molecule has 0 saturated carbocycles. The fourth-order valence-electron chi connectivity index (χ4n) is 2.10. The minimum atomic E-state index is -1.04. The standard InChI is InChI=1S/C14H16N2O3/c1-8-5-6-11(19-4)10(7-8)12-9(2)16(3)15-13(12)14(17)18/h5-7H,1-4H3,(H,17,18). The summed E-state index contributed by atoms with van der Waals surface area (Å²) >= 11 is 0. The molecular formula is C14H16N2O3. The van der Waals surface area contributed by atoms with Crippen molar-refractivity contribution in [1.82, 2.24) is 9.78 Å². The highest BCUT2D eigenvalue weighted by Crippen LogP contribution is 2.35. The largest absolute Gasteiger partial charge is 0.496 e. The maximum Gasteiger partial charge on any atom is 0.357 e. The lowest BCUT2D eigenvalue weighted by Gasteiger charge is -2.10. The van der Waals surface area contributed by atoms with Crippen molar-refractivity contribution in [3.8, 4) is 16.9 Å². The van der Waals surface area contributed by atoms with E-state index < -0.39 is 5.97 Å². The normalized spacial score (nSPS) is 10.5. The zero-order valence-electron chi connectivity index (χ0n) is 11.4. The summed E-state index contributed by atoms with van der Waals surface area (Å²) in [6, 6.07) is 5.67. The molecule has 5 heteroatoms. The molecule has 0 saturated heterocycles. The molecule has 0 unspecified atom stereocenters. The summed E-state index contributed by atoms with van der Waals surface area (Å²) in [5.41, 5.74) is 3.24. The van der Waals surface area contributed by atoms with Gasteiger partial charge in [0.15, 0.2) is 5.69 Å². The zero-order valence-corrected chi connectivity index (χ0v) is 11.4. The maximum atomic E-state index is 11.3. The number of benzene rings is 1. The number of methoxy groups -OCH3 is 1. The van der Waals surface area contributed by atoms with Gasteiger partial charge >= 0.3 is 5.97 Å². The van der Waals surface area contributed by atoms with Crippen molar-refractivity contribution in [3.63, 3.8) is 0 Å². The molecule has 5 nitrogen and oxygen atoms in total. The van der Waals surface area contributed by atoms with Gasteiger partial charge in [-0.1, -0.05) is 11.6 Å². The number of hydrogen-bond donors (Lipinski definition) is 1. The summed E-state index contributed by atoms with van der Waals surface area (Å²) in [7, 11) is 3.30. The van der Waals surface area contributed by atoms with E-state index in [1.54, 1.807) is 18.8 Å². The molecule has 1 heterocycles. The van der Waals surface area contributed by atoms with Gasteiger partial charge in [0.05, 0.1) is 7.11 Å². The van der Waals surface area contributed by atoms with E-state index in [0.29, 0.717) is 11.3 Å². The van der Waals surface area contributed by atoms with Crippen LogP contribution in [0.4, 0.5) is 0 Å². The zero-order chi connectivity index (χ0) is 14.2. The molecule has 100 valence electrons. The van der Waals surface area contributed by atoms with E-state index >= 15 is 0 Å². The van der Waals surface area contributed by atoms with Crippen molar-refractivity contribution in [2.75, 3.05) is 7.11 Å². The summed E-state index contributed by atoms with van der Waals surface area (Å²) < 4.78 is 6.89. The Bertz CT molecular complexity index is 644. The number of aryl methyl sites for hydroxylation is 2. The number of hydrogen-bond acceptors (Lipinski definition) is 3. The van der Waals surface area contributed by atoms with Gasteiger partial charge in [0, 0.05) is 23.9 Å². The Balaban J connectivity index is 2.78. The van der Waals surface area contributed by atoms with Gasteiger partial charge < -0.3 is 9.84 Å². The average molecular weight is 260 g/mol. The van der Waals surface area contributed by atoms with Gasteiger partial charge in [-0.25, -0.2) is 4.79 Å². The molecule has 1 aromatic carbocycles. The SMILES string of the molecule is COc1ccc(C)cc1-c1c(C(=O)O)nn(C)c1C. The highest BCUT2D eigenvalue weighted by molar-refractivity contribution is 5.96. The number of carboxylic acids is 1. The Kier molecular flexibility index (Phi) is 3.29. The molecule has 1 aromatic heterocycles. The van der Waals surface area contributed by atoms with Gasteiger partial charge in [-0.3, -0.25) is 4.68 Å². The number of carboxylic acid groups (broad SMARTS) is 1. The lowest BCUT2D eigenvalue weighted by atomic mass is 10.00. The summed E-state index contributed by atoms with van der Waals surface area (Å²) in [6.07, 6.45) is 0. The minimum Gasteiger partial charge on any atom is -0.496 e.